The smallest absolute Gasteiger partial charge is 0.310 e. The quantitative estimate of drug-likeness (QED) is 0.747. The van der Waals surface area contributed by atoms with Crippen LogP contribution in [0.5, 0.6) is 0 Å². The van der Waals surface area contributed by atoms with Crippen LogP contribution in [0.3, 0.4) is 0 Å². The predicted molar refractivity (Wildman–Crippen MR) is 92.3 cm³/mol. The first-order valence-corrected chi connectivity index (χ1v) is 8.52. The van der Waals surface area contributed by atoms with Crippen LogP contribution >= 0.6 is 11.8 Å². The molecule has 0 aliphatic heterocycles. The second-order valence-electron chi connectivity index (χ2n) is 5.64. The van der Waals surface area contributed by atoms with Gasteiger partial charge in [0.05, 0.1) is 11.7 Å². The number of thioether (sulfide) groups is 1. The predicted octanol–water partition coefficient (Wildman–Crippen LogP) is 2.78. The summed E-state index contributed by atoms with van der Waals surface area (Å²) in [7, 11) is 0. The molecule has 0 bridgehead atoms. The van der Waals surface area contributed by atoms with E-state index >= 15 is 0 Å². The normalized spacial score (nSPS) is 12.2. The lowest BCUT2D eigenvalue weighted by atomic mass is 10.0. The maximum absolute atomic E-state index is 12.1. The summed E-state index contributed by atoms with van der Waals surface area (Å²) in [5.41, 5.74) is 1.23. The van der Waals surface area contributed by atoms with Crippen molar-refractivity contribution < 1.29 is 14.7 Å². The van der Waals surface area contributed by atoms with Gasteiger partial charge in [-0.25, -0.2) is 0 Å². The maximum atomic E-state index is 12.1. The van der Waals surface area contributed by atoms with Crippen LogP contribution in [-0.2, 0) is 9.59 Å². The van der Waals surface area contributed by atoms with Crippen LogP contribution in [0.15, 0.2) is 35.7 Å². The molecular formula is C16H20N4O3S. The van der Waals surface area contributed by atoms with Crippen LogP contribution in [0.2, 0.25) is 0 Å². The lowest BCUT2D eigenvalue weighted by Crippen LogP contribution is -2.15. The lowest BCUT2D eigenvalue weighted by Gasteiger charge is -2.11. The highest BCUT2D eigenvalue weighted by Gasteiger charge is 2.15. The summed E-state index contributed by atoms with van der Waals surface area (Å²) in [4.78, 5) is 23.1. The third-order valence-corrected chi connectivity index (χ3v) is 4.43. The van der Waals surface area contributed by atoms with Crippen LogP contribution in [0, 0.1) is 0 Å². The maximum Gasteiger partial charge on any atom is 0.310 e. The Hall–Kier alpha value is -2.35. The van der Waals surface area contributed by atoms with Gasteiger partial charge >= 0.3 is 5.97 Å². The number of carboxylic acids is 1. The fourth-order valence-electron chi connectivity index (χ4n) is 2.04. The fraction of sp³-hybridized carbons (Fsp3) is 0.375. The number of aromatic nitrogens is 3. The standard InChI is InChI=1S/C16H20N4O3S/c1-10(2)20-9-17-19-16(20)24-8-14(21)18-13-6-4-5-12(7-13)11(3)15(22)23/h4-7,9-11H,8H2,1-3H3,(H,18,21)(H,22,23). The number of benzene rings is 1. The van der Waals surface area contributed by atoms with Crippen molar-refractivity contribution in [3.05, 3.63) is 36.2 Å². The van der Waals surface area contributed by atoms with Crippen molar-refractivity contribution in [1.82, 2.24) is 14.8 Å². The molecule has 128 valence electrons. The van der Waals surface area contributed by atoms with Crippen molar-refractivity contribution in [1.29, 1.82) is 0 Å². The highest BCUT2D eigenvalue weighted by atomic mass is 32.2. The van der Waals surface area contributed by atoms with Gasteiger partial charge in [-0.2, -0.15) is 0 Å². The van der Waals surface area contributed by atoms with Gasteiger partial charge in [-0.15, -0.1) is 10.2 Å². The molecule has 8 heteroatoms. The molecule has 0 spiro atoms. The van der Waals surface area contributed by atoms with Gasteiger partial charge in [0.15, 0.2) is 5.16 Å². The molecule has 24 heavy (non-hydrogen) atoms. The minimum Gasteiger partial charge on any atom is -0.481 e. The van der Waals surface area contributed by atoms with Crippen LogP contribution in [0.4, 0.5) is 5.69 Å². The van der Waals surface area contributed by atoms with E-state index in [1.165, 1.54) is 11.8 Å². The zero-order chi connectivity index (χ0) is 17.7. The Balaban J connectivity index is 1.96. The zero-order valence-corrected chi connectivity index (χ0v) is 14.6. The van der Waals surface area contributed by atoms with Crippen molar-refractivity contribution in [2.24, 2.45) is 0 Å². The number of carbonyl (C=O) groups is 2. The van der Waals surface area contributed by atoms with Crippen molar-refractivity contribution in [2.45, 2.75) is 37.9 Å². The molecule has 1 atom stereocenters. The number of anilines is 1. The molecule has 2 aromatic rings. The average molecular weight is 348 g/mol. The number of hydrogen-bond acceptors (Lipinski definition) is 5. The number of rotatable bonds is 7. The summed E-state index contributed by atoms with van der Waals surface area (Å²) in [6, 6.07) is 7.09. The number of nitrogens with one attached hydrogen (secondary N) is 1. The highest BCUT2D eigenvalue weighted by Crippen LogP contribution is 2.21. The first-order valence-electron chi connectivity index (χ1n) is 7.53. The van der Waals surface area contributed by atoms with Gasteiger partial charge in [0.25, 0.3) is 0 Å². The van der Waals surface area contributed by atoms with Crippen LogP contribution in [-0.4, -0.2) is 37.5 Å². The Bertz CT molecular complexity index is 730. The number of carboxylic acid groups (broad SMARTS) is 1. The Morgan fingerprint density at radius 3 is 2.75 bits per heavy atom. The molecule has 0 aliphatic rings. The van der Waals surface area contributed by atoms with Crippen LogP contribution in [0.1, 0.15) is 38.3 Å². The number of carbonyl (C=O) groups excluding carboxylic acids is 1. The first-order chi connectivity index (χ1) is 11.4. The Labute approximate surface area is 144 Å². The molecule has 0 aliphatic carbocycles. The van der Waals surface area contributed by atoms with Crippen LogP contribution < -0.4 is 5.32 Å². The fourth-order valence-corrected chi connectivity index (χ4v) is 2.89. The molecule has 0 saturated carbocycles. The molecule has 1 amide bonds. The molecule has 1 unspecified atom stereocenters. The summed E-state index contributed by atoms with van der Waals surface area (Å²) in [5, 5.41) is 20.4. The van der Waals surface area contributed by atoms with E-state index in [4.69, 9.17) is 5.11 Å². The molecule has 0 radical (unpaired) electrons. The molecular weight excluding hydrogens is 328 g/mol. The third kappa shape index (κ3) is 4.58. The van der Waals surface area contributed by atoms with Gasteiger partial charge in [-0.3, -0.25) is 9.59 Å². The van der Waals surface area contributed by atoms with Gasteiger partial charge in [0.2, 0.25) is 5.91 Å². The zero-order valence-electron chi connectivity index (χ0n) is 13.8. The SMILES string of the molecule is CC(C(=O)O)c1cccc(NC(=O)CSc2nncn2C(C)C)c1. The van der Waals surface area contributed by atoms with Crippen molar-refractivity contribution in [3.8, 4) is 0 Å². The summed E-state index contributed by atoms with van der Waals surface area (Å²) < 4.78 is 1.90. The summed E-state index contributed by atoms with van der Waals surface area (Å²) in [5.74, 6) is -1.51. The largest absolute Gasteiger partial charge is 0.481 e. The van der Waals surface area contributed by atoms with Crippen LogP contribution in [0.25, 0.3) is 0 Å². The van der Waals surface area contributed by atoms with E-state index in [9.17, 15) is 9.59 Å². The second kappa shape index (κ2) is 7.96. The molecule has 2 rings (SSSR count). The Kier molecular flexibility index (Phi) is 5.97. The van der Waals surface area contributed by atoms with E-state index in [1.807, 2.05) is 18.4 Å². The van der Waals surface area contributed by atoms with E-state index in [0.29, 0.717) is 16.4 Å². The third-order valence-electron chi connectivity index (χ3n) is 3.47. The van der Waals surface area contributed by atoms with Gasteiger partial charge in [-0.1, -0.05) is 23.9 Å². The van der Waals surface area contributed by atoms with E-state index in [0.717, 1.165) is 0 Å². The molecule has 1 aromatic carbocycles. The van der Waals surface area contributed by atoms with Gasteiger partial charge < -0.3 is 15.0 Å². The lowest BCUT2D eigenvalue weighted by molar-refractivity contribution is -0.138. The Morgan fingerprint density at radius 2 is 2.08 bits per heavy atom. The Morgan fingerprint density at radius 1 is 1.33 bits per heavy atom. The topological polar surface area (TPSA) is 97.1 Å². The van der Waals surface area contributed by atoms with E-state index < -0.39 is 11.9 Å². The molecule has 2 N–H and O–H groups in total. The molecule has 7 nitrogen and oxygen atoms in total. The van der Waals surface area contributed by atoms with E-state index in [2.05, 4.69) is 15.5 Å². The van der Waals surface area contributed by atoms with Gasteiger partial charge in [0.1, 0.15) is 6.33 Å². The first kappa shape index (κ1) is 18.0. The average Bonchev–Trinajstić information content (AvgIpc) is 3.01. The summed E-state index contributed by atoms with van der Waals surface area (Å²) in [6.45, 7) is 5.64. The molecule has 1 aromatic heterocycles. The minimum atomic E-state index is -0.901. The van der Waals surface area contributed by atoms with Gasteiger partial charge in [0, 0.05) is 11.7 Å². The minimum absolute atomic E-state index is 0.182. The van der Waals surface area contributed by atoms with Crippen molar-refractivity contribution in [2.75, 3.05) is 11.1 Å². The van der Waals surface area contributed by atoms with E-state index in [1.54, 1.807) is 37.5 Å². The summed E-state index contributed by atoms with van der Waals surface area (Å²) in [6.07, 6.45) is 1.64. The number of amides is 1. The molecule has 1 heterocycles. The van der Waals surface area contributed by atoms with Crippen molar-refractivity contribution >= 4 is 29.3 Å². The molecule has 0 saturated heterocycles. The number of aliphatic carboxylic acids is 1. The number of hydrogen-bond donors (Lipinski definition) is 2. The summed E-state index contributed by atoms with van der Waals surface area (Å²) >= 11 is 1.31. The highest BCUT2D eigenvalue weighted by molar-refractivity contribution is 7.99. The molecule has 0 fully saturated rings. The van der Waals surface area contributed by atoms with Gasteiger partial charge in [-0.05, 0) is 38.5 Å². The second-order valence-corrected chi connectivity index (χ2v) is 6.58. The van der Waals surface area contributed by atoms with E-state index in [-0.39, 0.29) is 17.7 Å². The van der Waals surface area contributed by atoms with Crippen molar-refractivity contribution in [3.63, 3.8) is 0 Å². The number of nitrogens with zero attached hydrogens (tertiary/aromatic N) is 3. The monoisotopic (exact) mass is 348 g/mol.